The number of nitrogens with one attached hydrogen (secondary N) is 1. The van der Waals surface area contributed by atoms with Crippen molar-refractivity contribution >= 4 is 17.3 Å². The molecule has 1 N–H and O–H groups in total. The van der Waals surface area contributed by atoms with Crippen LogP contribution in [-0.4, -0.2) is 11.9 Å². The van der Waals surface area contributed by atoms with Crippen LogP contribution < -0.4 is 10.2 Å². The number of rotatable bonds is 2. The SMILES string of the molecule is CC(=O)N1c2ccc(C)cc2[C@H](Nc2ccc(C#N)cc2)C(C)[C@@H]1C. The summed E-state index contributed by atoms with van der Waals surface area (Å²) in [5.74, 6) is 0.315. The maximum atomic E-state index is 12.2. The molecule has 3 rings (SSSR count). The molecule has 4 nitrogen and oxygen atoms in total. The highest BCUT2D eigenvalue weighted by Crippen LogP contribution is 2.42. The second-order valence-electron chi connectivity index (χ2n) is 6.86. The number of anilines is 2. The topological polar surface area (TPSA) is 56.1 Å². The van der Waals surface area contributed by atoms with Crippen molar-refractivity contribution in [3.8, 4) is 6.07 Å². The van der Waals surface area contributed by atoms with E-state index in [0.29, 0.717) is 5.56 Å². The Kier molecular flexibility index (Phi) is 4.50. The first-order valence-corrected chi connectivity index (χ1v) is 8.59. The van der Waals surface area contributed by atoms with Gasteiger partial charge in [0.1, 0.15) is 0 Å². The quantitative estimate of drug-likeness (QED) is 0.885. The number of carbonyl (C=O) groups is 1. The van der Waals surface area contributed by atoms with Crippen molar-refractivity contribution in [3.63, 3.8) is 0 Å². The fraction of sp³-hybridized carbons (Fsp3) is 0.333. The lowest BCUT2D eigenvalue weighted by Crippen LogP contribution is -2.48. The molecule has 0 aliphatic carbocycles. The predicted molar refractivity (Wildman–Crippen MR) is 100 cm³/mol. The summed E-state index contributed by atoms with van der Waals surface area (Å²) in [4.78, 5) is 14.1. The Morgan fingerprint density at radius 1 is 1.16 bits per heavy atom. The number of carbonyl (C=O) groups excluding carboxylic acids is 1. The van der Waals surface area contributed by atoms with Gasteiger partial charge in [0.05, 0.1) is 17.7 Å². The molecular weight excluding hydrogens is 310 g/mol. The van der Waals surface area contributed by atoms with E-state index in [0.717, 1.165) is 16.9 Å². The minimum Gasteiger partial charge on any atom is -0.378 e. The van der Waals surface area contributed by atoms with Gasteiger partial charge < -0.3 is 10.2 Å². The normalized spacial score (nSPS) is 22.0. The highest BCUT2D eigenvalue weighted by molar-refractivity contribution is 5.94. The third kappa shape index (κ3) is 3.10. The molecule has 0 spiro atoms. The average Bonchev–Trinajstić information content (AvgIpc) is 2.60. The summed E-state index contributed by atoms with van der Waals surface area (Å²) < 4.78 is 0. The summed E-state index contributed by atoms with van der Waals surface area (Å²) in [6.45, 7) is 7.97. The largest absolute Gasteiger partial charge is 0.378 e. The lowest BCUT2D eigenvalue weighted by atomic mass is 9.82. The van der Waals surface area contributed by atoms with Gasteiger partial charge in [0.25, 0.3) is 0 Å². The van der Waals surface area contributed by atoms with Gasteiger partial charge in [0.15, 0.2) is 0 Å². The Labute approximate surface area is 149 Å². The average molecular weight is 333 g/mol. The van der Waals surface area contributed by atoms with Gasteiger partial charge in [-0.3, -0.25) is 4.79 Å². The maximum absolute atomic E-state index is 12.2. The van der Waals surface area contributed by atoms with Crippen LogP contribution in [0.5, 0.6) is 0 Å². The second-order valence-corrected chi connectivity index (χ2v) is 6.86. The zero-order chi connectivity index (χ0) is 18.1. The number of fused-ring (bicyclic) bond motifs is 1. The van der Waals surface area contributed by atoms with E-state index >= 15 is 0 Å². The highest BCUT2D eigenvalue weighted by Gasteiger charge is 2.38. The molecule has 0 saturated heterocycles. The van der Waals surface area contributed by atoms with E-state index in [-0.39, 0.29) is 23.9 Å². The number of amides is 1. The van der Waals surface area contributed by atoms with Gasteiger partial charge >= 0.3 is 0 Å². The van der Waals surface area contributed by atoms with E-state index in [1.54, 1.807) is 6.92 Å². The predicted octanol–water partition coefficient (Wildman–Crippen LogP) is 4.41. The van der Waals surface area contributed by atoms with Crippen molar-refractivity contribution < 1.29 is 4.79 Å². The number of nitriles is 1. The summed E-state index contributed by atoms with van der Waals surface area (Å²) in [7, 11) is 0. The van der Waals surface area contributed by atoms with E-state index in [1.807, 2.05) is 35.2 Å². The van der Waals surface area contributed by atoms with Gasteiger partial charge in [0.2, 0.25) is 5.91 Å². The van der Waals surface area contributed by atoms with Gasteiger partial charge in [0, 0.05) is 30.3 Å². The third-order valence-electron chi connectivity index (χ3n) is 5.15. The third-order valence-corrected chi connectivity index (χ3v) is 5.15. The number of hydrogen-bond acceptors (Lipinski definition) is 3. The molecule has 1 aliphatic heterocycles. The van der Waals surface area contributed by atoms with Gasteiger partial charge in [-0.25, -0.2) is 0 Å². The van der Waals surface area contributed by atoms with E-state index in [2.05, 4.69) is 44.3 Å². The van der Waals surface area contributed by atoms with Crippen LogP contribution >= 0.6 is 0 Å². The van der Waals surface area contributed by atoms with Crippen molar-refractivity contribution in [2.24, 2.45) is 5.92 Å². The Bertz CT molecular complexity index is 835. The number of nitrogens with zero attached hydrogens (tertiary/aromatic N) is 2. The van der Waals surface area contributed by atoms with Crippen LogP contribution in [0, 0.1) is 24.2 Å². The smallest absolute Gasteiger partial charge is 0.224 e. The minimum absolute atomic E-state index is 0.0706. The monoisotopic (exact) mass is 333 g/mol. The number of benzene rings is 2. The molecule has 1 heterocycles. The summed E-state index contributed by atoms with van der Waals surface area (Å²) in [5.41, 5.74) is 4.93. The summed E-state index contributed by atoms with van der Waals surface area (Å²) >= 11 is 0. The molecule has 2 aromatic carbocycles. The first-order valence-electron chi connectivity index (χ1n) is 8.59. The lowest BCUT2D eigenvalue weighted by molar-refractivity contribution is -0.117. The van der Waals surface area contributed by atoms with Crippen LogP contribution in [0.1, 0.15) is 43.5 Å². The van der Waals surface area contributed by atoms with Crippen LogP contribution in [-0.2, 0) is 4.79 Å². The summed E-state index contributed by atoms with van der Waals surface area (Å²) in [5, 5.41) is 12.6. The Morgan fingerprint density at radius 3 is 2.44 bits per heavy atom. The van der Waals surface area contributed by atoms with Crippen LogP contribution in [0.4, 0.5) is 11.4 Å². The molecule has 128 valence electrons. The van der Waals surface area contributed by atoms with Gasteiger partial charge in [-0.2, -0.15) is 5.26 Å². The van der Waals surface area contributed by atoms with Crippen LogP contribution in [0.2, 0.25) is 0 Å². The molecule has 1 aliphatic rings. The van der Waals surface area contributed by atoms with Gasteiger partial charge in [-0.05, 0) is 49.7 Å². The van der Waals surface area contributed by atoms with Gasteiger partial charge in [-0.1, -0.05) is 24.6 Å². The molecule has 0 fully saturated rings. The van der Waals surface area contributed by atoms with Crippen LogP contribution in [0.15, 0.2) is 42.5 Å². The van der Waals surface area contributed by atoms with Crippen molar-refractivity contribution in [2.75, 3.05) is 10.2 Å². The number of aryl methyl sites for hydroxylation is 1. The summed E-state index contributed by atoms with van der Waals surface area (Å²) in [6, 6.07) is 16.1. The lowest BCUT2D eigenvalue weighted by Gasteiger charge is -2.44. The molecule has 1 amide bonds. The second kappa shape index (κ2) is 6.60. The molecular formula is C21H23N3O. The molecule has 0 saturated carbocycles. The Morgan fingerprint density at radius 2 is 1.84 bits per heavy atom. The van der Waals surface area contributed by atoms with Gasteiger partial charge in [-0.15, -0.1) is 0 Å². The molecule has 0 radical (unpaired) electrons. The van der Waals surface area contributed by atoms with E-state index in [1.165, 1.54) is 5.56 Å². The first kappa shape index (κ1) is 17.0. The van der Waals surface area contributed by atoms with E-state index in [4.69, 9.17) is 5.26 Å². The maximum Gasteiger partial charge on any atom is 0.224 e. The Hall–Kier alpha value is -2.80. The molecule has 3 atom stereocenters. The first-order chi connectivity index (χ1) is 11.9. The fourth-order valence-electron chi connectivity index (χ4n) is 3.64. The fourth-order valence-corrected chi connectivity index (χ4v) is 3.64. The molecule has 25 heavy (non-hydrogen) atoms. The highest BCUT2D eigenvalue weighted by atomic mass is 16.2. The minimum atomic E-state index is 0.0706. The van der Waals surface area contributed by atoms with E-state index < -0.39 is 0 Å². The Balaban J connectivity index is 2.03. The molecule has 1 unspecified atom stereocenters. The van der Waals surface area contributed by atoms with Crippen molar-refractivity contribution in [2.45, 2.75) is 39.8 Å². The molecule has 0 aromatic heterocycles. The molecule has 4 heteroatoms. The molecule has 2 aromatic rings. The van der Waals surface area contributed by atoms with Crippen molar-refractivity contribution in [1.82, 2.24) is 0 Å². The van der Waals surface area contributed by atoms with E-state index in [9.17, 15) is 4.79 Å². The zero-order valence-electron chi connectivity index (χ0n) is 15.1. The standard InChI is InChI=1S/C21H23N3O/c1-13-5-10-20-19(11-13)21(14(2)15(3)24(20)16(4)25)23-18-8-6-17(12-22)7-9-18/h5-11,14-15,21,23H,1-4H3/t14?,15-,21+/m0/s1. The summed E-state index contributed by atoms with van der Waals surface area (Å²) in [6.07, 6.45) is 0. The number of hydrogen-bond donors (Lipinski definition) is 1. The van der Waals surface area contributed by atoms with Crippen molar-refractivity contribution in [3.05, 3.63) is 59.2 Å². The van der Waals surface area contributed by atoms with Crippen molar-refractivity contribution in [1.29, 1.82) is 5.26 Å². The zero-order valence-corrected chi connectivity index (χ0v) is 15.1. The van der Waals surface area contributed by atoms with Crippen LogP contribution in [0.25, 0.3) is 0 Å². The van der Waals surface area contributed by atoms with Crippen LogP contribution in [0.3, 0.4) is 0 Å². The molecule has 0 bridgehead atoms.